The molecule has 0 heterocycles. The van der Waals surface area contributed by atoms with E-state index in [9.17, 15) is 9.59 Å². The molecule has 0 bridgehead atoms. The lowest BCUT2D eigenvalue weighted by atomic mass is 10.1. The molecule has 0 aromatic heterocycles. The molecule has 0 saturated carbocycles. The smallest absolute Gasteiger partial charge is 0.271 e. The van der Waals surface area contributed by atoms with Gasteiger partial charge in [0.25, 0.3) is 5.91 Å². The molecule has 23 heavy (non-hydrogen) atoms. The Balaban J connectivity index is 1.78. The fourth-order valence-electron chi connectivity index (χ4n) is 2.10. The van der Waals surface area contributed by atoms with E-state index in [1.807, 2.05) is 12.1 Å². The van der Waals surface area contributed by atoms with Crippen LogP contribution in [0.4, 0.5) is 0 Å². The topological polar surface area (TPSA) is 58.2 Å². The summed E-state index contributed by atoms with van der Waals surface area (Å²) in [4.78, 5) is 23.7. The Bertz CT molecular complexity index is 684. The van der Waals surface area contributed by atoms with Crippen molar-refractivity contribution in [3.63, 3.8) is 0 Å². The molecule has 0 aliphatic carbocycles. The van der Waals surface area contributed by atoms with Crippen LogP contribution < -0.4 is 10.9 Å². The van der Waals surface area contributed by atoms with Crippen LogP contribution in [0.3, 0.4) is 0 Å². The van der Waals surface area contributed by atoms with Crippen LogP contribution in [-0.4, -0.2) is 11.8 Å². The lowest BCUT2D eigenvalue weighted by Crippen LogP contribution is -2.41. The maximum atomic E-state index is 11.9. The lowest BCUT2D eigenvalue weighted by Gasteiger charge is -2.08. The molecule has 0 aliphatic heterocycles. The number of carbonyl (C=O) groups excluding carboxylic acids is 2. The van der Waals surface area contributed by atoms with Crippen molar-refractivity contribution < 1.29 is 9.59 Å². The summed E-state index contributed by atoms with van der Waals surface area (Å²) in [6.45, 7) is 2.10. The van der Waals surface area contributed by atoms with Crippen LogP contribution in [0.25, 0.3) is 0 Å². The van der Waals surface area contributed by atoms with Crippen LogP contribution in [-0.2, 0) is 17.6 Å². The summed E-state index contributed by atoms with van der Waals surface area (Å²) in [5.41, 5.74) is 7.46. The SMILES string of the molecule is CCc1ccc(CCC(=O)NNC(=O)c2ccccc2Cl)cc1. The third-order valence-corrected chi connectivity index (χ3v) is 3.84. The predicted molar refractivity (Wildman–Crippen MR) is 91.2 cm³/mol. The van der Waals surface area contributed by atoms with Gasteiger partial charge in [0, 0.05) is 6.42 Å². The van der Waals surface area contributed by atoms with Gasteiger partial charge in [-0.1, -0.05) is 54.9 Å². The highest BCUT2D eigenvalue weighted by atomic mass is 35.5. The molecular weight excluding hydrogens is 312 g/mol. The number of aryl methyl sites for hydroxylation is 2. The van der Waals surface area contributed by atoms with Gasteiger partial charge >= 0.3 is 0 Å². The average molecular weight is 331 g/mol. The minimum atomic E-state index is -0.434. The van der Waals surface area contributed by atoms with Gasteiger partial charge < -0.3 is 0 Å². The van der Waals surface area contributed by atoms with Crippen molar-refractivity contribution in [2.24, 2.45) is 0 Å². The molecule has 2 N–H and O–H groups in total. The molecule has 0 spiro atoms. The first kappa shape index (κ1) is 17.0. The Morgan fingerprint density at radius 1 is 0.957 bits per heavy atom. The molecule has 120 valence electrons. The first-order valence-corrected chi connectivity index (χ1v) is 7.89. The van der Waals surface area contributed by atoms with Gasteiger partial charge in [0.2, 0.25) is 5.91 Å². The summed E-state index contributed by atoms with van der Waals surface area (Å²) in [7, 11) is 0. The number of amides is 2. The number of hydrogen-bond acceptors (Lipinski definition) is 2. The van der Waals surface area contributed by atoms with Crippen LogP contribution in [0, 0.1) is 0 Å². The van der Waals surface area contributed by atoms with E-state index >= 15 is 0 Å². The first-order chi connectivity index (χ1) is 11.1. The molecular formula is C18H19ClN2O2. The van der Waals surface area contributed by atoms with Gasteiger partial charge in [-0.3, -0.25) is 20.4 Å². The number of hydrazine groups is 1. The van der Waals surface area contributed by atoms with Crippen molar-refractivity contribution in [3.05, 3.63) is 70.2 Å². The van der Waals surface area contributed by atoms with Gasteiger partial charge in [0.15, 0.2) is 0 Å². The fourth-order valence-corrected chi connectivity index (χ4v) is 2.32. The zero-order valence-corrected chi connectivity index (χ0v) is 13.7. The van der Waals surface area contributed by atoms with E-state index in [1.165, 1.54) is 5.56 Å². The highest BCUT2D eigenvalue weighted by Crippen LogP contribution is 2.14. The van der Waals surface area contributed by atoms with Crippen molar-refractivity contribution in [1.29, 1.82) is 0 Å². The number of halogens is 1. The Morgan fingerprint density at radius 2 is 1.61 bits per heavy atom. The third-order valence-electron chi connectivity index (χ3n) is 3.51. The molecule has 4 nitrogen and oxygen atoms in total. The molecule has 0 saturated heterocycles. The van der Waals surface area contributed by atoms with Crippen molar-refractivity contribution in [2.45, 2.75) is 26.2 Å². The number of benzene rings is 2. The summed E-state index contributed by atoms with van der Waals surface area (Å²) >= 11 is 5.93. The standard InChI is InChI=1S/C18H19ClN2O2/c1-2-13-7-9-14(10-8-13)11-12-17(22)20-21-18(23)15-5-3-4-6-16(15)19/h3-10H,2,11-12H2,1H3,(H,20,22)(H,21,23). The van der Waals surface area contributed by atoms with E-state index < -0.39 is 5.91 Å². The van der Waals surface area contributed by atoms with Gasteiger partial charge in [0.1, 0.15) is 0 Å². The molecule has 2 rings (SSSR count). The predicted octanol–water partition coefficient (Wildman–Crippen LogP) is 3.30. The van der Waals surface area contributed by atoms with E-state index in [0.29, 0.717) is 23.4 Å². The molecule has 5 heteroatoms. The molecule has 0 aliphatic rings. The number of carbonyl (C=O) groups is 2. The second-order valence-electron chi connectivity index (χ2n) is 5.15. The molecule has 0 radical (unpaired) electrons. The van der Waals surface area contributed by atoms with Crippen LogP contribution in [0.15, 0.2) is 48.5 Å². The van der Waals surface area contributed by atoms with Gasteiger partial charge in [-0.05, 0) is 36.1 Å². The molecule has 2 aromatic rings. The fraction of sp³-hybridized carbons (Fsp3) is 0.222. The van der Waals surface area contributed by atoms with Crippen LogP contribution in [0.5, 0.6) is 0 Å². The summed E-state index contributed by atoms with van der Waals surface area (Å²) < 4.78 is 0. The normalized spacial score (nSPS) is 10.2. The summed E-state index contributed by atoms with van der Waals surface area (Å²) in [6.07, 6.45) is 1.92. The third kappa shape index (κ3) is 5.11. The minimum Gasteiger partial charge on any atom is -0.273 e. The van der Waals surface area contributed by atoms with Crippen molar-refractivity contribution in [1.82, 2.24) is 10.9 Å². The Hall–Kier alpha value is -2.33. The zero-order chi connectivity index (χ0) is 16.7. The molecule has 2 aromatic carbocycles. The molecule has 2 amide bonds. The number of hydrogen-bond donors (Lipinski definition) is 2. The van der Waals surface area contributed by atoms with Crippen LogP contribution in [0.2, 0.25) is 5.02 Å². The summed E-state index contributed by atoms with van der Waals surface area (Å²) in [6, 6.07) is 14.8. The zero-order valence-electron chi connectivity index (χ0n) is 12.9. The highest BCUT2D eigenvalue weighted by molar-refractivity contribution is 6.33. The second kappa shape index (κ2) is 8.34. The van der Waals surface area contributed by atoms with Crippen molar-refractivity contribution in [3.8, 4) is 0 Å². The molecule has 0 atom stereocenters. The van der Waals surface area contributed by atoms with Crippen LogP contribution in [0.1, 0.15) is 34.8 Å². The van der Waals surface area contributed by atoms with Gasteiger partial charge in [0.05, 0.1) is 10.6 Å². The Kier molecular flexibility index (Phi) is 6.18. The lowest BCUT2D eigenvalue weighted by molar-refractivity contribution is -0.121. The average Bonchev–Trinajstić information content (AvgIpc) is 2.58. The Labute approximate surface area is 140 Å². The van der Waals surface area contributed by atoms with E-state index in [1.54, 1.807) is 24.3 Å². The largest absolute Gasteiger partial charge is 0.273 e. The van der Waals surface area contributed by atoms with E-state index in [0.717, 1.165) is 12.0 Å². The minimum absolute atomic E-state index is 0.245. The first-order valence-electron chi connectivity index (χ1n) is 7.51. The summed E-state index contributed by atoms with van der Waals surface area (Å²) in [5.74, 6) is -0.679. The van der Waals surface area contributed by atoms with Gasteiger partial charge in [-0.25, -0.2) is 0 Å². The van der Waals surface area contributed by atoms with E-state index in [4.69, 9.17) is 11.6 Å². The second-order valence-corrected chi connectivity index (χ2v) is 5.56. The van der Waals surface area contributed by atoms with Crippen LogP contribution >= 0.6 is 11.6 Å². The van der Waals surface area contributed by atoms with Gasteiger partial charge in [-0.15, -0.1) is 0 Å². The molecule has 0 unspecified atom stereocenters. The Morgan fingerprint density at radius 3 is 2.26 bits per heavy atom. The summed E-state index contributed by atoms with van der Waals surface area (Å²) in [5, 5.41) is 0.343. The number of nitrogens with one attached hydrogen (secondary N) is 2. The highest BCUT2D eigenvalue weighted by Gasteiger charge is 2.10. The molecule has 0 fully saturated rings. The number of rotatable bonds is 5. The maximum Gasteiger partial charge on any atom is 0.271 e. The van der Waals surface area contributed by atoms with E-state index in [-0.39, 0.29) is 5.91 Å². The van der Waals surface area contributed by atoms with Crippen molar-refractivity contribution >= 4 is 23.4 Å². The van der Waals surface area contributed by atoms with E-state index in [2.05, 4.69) is 29.9 Å². The maximum absolute atomic E-state index is 11.9. The van der Waals surface area contributed by atoms with Gasteiger partial charge in [-0.2, -0.15) is 0 Å². The quantitative estimate of drug-likeness (QED) is 0.826. The monoisotopic (exact) mass is 330 g/mol. The van der Waals surface area contributed by atoms with Crippen molar-refractivity contribution in [2.75, 3.05) is 0 Å².